The molecule has 0 saturated carbocycles. The van der Waals surface area contributed by atoms with Crippen LogP contribution >= 0.6 is 0 Å². The first-order valence-corrected chi connectivity index (χ1v) is 10.7. The summed E-state index contributed by atoms with van der Waals surface area (Å²) in [6.07, 6.45) is 2.52. The number of carbonyl (C=O) groups is 2. The van der Waals surface area contributed by atoms with Crippen LogP contribution in [0.1, 0.15) is 52.4 Å². The van der Waals surface area contributed by atoms with Gasteiger partial charge in [-0.25, -0.2) is 8.78 Å². The Morgan fingerprint density at radius 3 is 2.53 bits per heavy atom. The van der Waals surface area contributed by atoms with Crippen molar-refractivity contribution in [3.8, 4) is 0 Å². The van der Waals surface area contributed by atoms with Crippen molar-refractivity contribution in [3.63, 3.8) is 0 Å². The number of methoxy groups -OCH3 is 1. The quantitative estimate of drug-likeness (QED) is 0.543. The summed E-state index contributed by atoms with van der Waals surface area (Å²) in [6, 6.07) is 9.46. The van der Waals surface area contributed by atoms with Gasteiger partial charge in [-0.3, -0.25) is 9.59 Å². The predicted octanol–water partition coefficient (Wildman–Crippen LogP) is 4.65. The van der Waals surface area contributed by atoms with Gasteiger partial charge in [-0.15, -0.1) is 0 Å². The topological polar surface area (TPSA) is 51.5 Å². The van der Waals surface area contributed by atoms with Crippen molar-refractivity contribution < 1.29 is 23.1 Å². The molecule has 0 spiro atoms. The van der Waals surface area contributed by atoms with Gasteiger partial charge in [-0.1, -0.05) is 12.1 Å². The standard InChI is InChI=1S/C25H26F2N2O3/c1-28(2)25(31)16-9-7-15(8-10-16)14-29-23-17(11-22(30)32-3)5-4-6-19(23)20-12-18(26)13-21(27)24(20)29/h7-10,12-13,17H,4-6,11,14H2,1-3H3. The lowest BCUT2D eigenvalue weighted by Gasteiger charge is -2.25. The van der Waals surface area contributed by atoms with Gasteiger partial charge in [0.25, 0.3) is 5.91 Å². The number of fused-ring (bicyclic) bond motifs is 3. The molecule has 1 unspecified atom stereocenters. The SMILES string of the molecule is COC(=O)CC1CCCc2c1n(Cc1ccc(C(=O)N(C)C)cc1)c1c(F)cc(F)cc21. The van der Waals surface area contributed by atoms with E-state index in [0.717, 1.165) is 35.7 Å². The highest BCUT2D eigenvalue weighted by Gasteiger charge is 2.31. The number of hydrogen-bond donors (Lipinski definition) is 0. The second kappa shape index (κ2) is 8.73. The average molecular weight is 440 g/mol. The van der Waals surface area contributed by atoms with E-state index in [1.807, 2.05) is 16.7 Å². The Kier molecular flexibility index (Phi) is 6.00. The van der Waals surface area contributed by atoms with Crippen LogP contribution in [-0.4, -0.2) is 42.5 Å². The molecule has 7 heteroatoms. The molecular formula is C25H26F2N2O3. The molecule has 0 radical (unpaired) electrons. The summed E-state index contributed by atoms with van der Waals surface area (Å²) >= 11 is 0. The average Bonchev–Trinajstić information content (AvgIpc) is 3.08. The van der Waals surface area contributed by atoms with Crippen LogP contribution in [0.4, 0.5) is 8.78 Å². The van der Waals surface area contributed by atoms with Crippen LogP contribution in [0.15, 0.2) is 36.4 Å². The molecule has 0 aliphatic heterocycles. The third kappa shape index (κ3) is 3.99. The number of nitrogens with zero attached hydrogens (tertiary/aromatic N) is 2. The predicted molar refractivity (Wildman–Crippen MR) is 118 cm³/mol. The number of esters is 1. The van der Waals surface area contributed by atoms with Gasteiger partial charge in [0.05, 0.1) is 19.0 Å². The van der Waals surface area contributed by atoms with Crippen LogP contribution in [0.3, 0.4) is 0 Å². The molecule has 1 heterocycles. The van der Waals surface area contributed by atoms with E-state index in [4.69, 9.17) is 4.74 Å². The number of halogens is 2. The van der Waals surface area contributed by atoms with Crippen molar-refractivity contribution in [2.45, 2.75) is 38.1 Å². The van der Waals surface area contributed by atoms with Crippen LogP contribution in [0, 0.1) is 11.6 Å². The number of aromatic nitrogens is 1. The number of carbonyl (C=O) groups excluding carboxylic acids is 2. The first kappa shape index (κ1) is 22.0. The first-order valence-electron chi connectivity index (χ1n) is 10.7. The number of aryl methyl sites for hydroxylation is 1. The number of ether oxygens (including phenoxy) is 1. The normalized spacial score (nSPS) is 15.5. The van der Waals surface area contributed by atoms with Crippen molar-refractivity contribution >= 4 is 22.8 Å². The van der Waals surface area contributed by atoms with E-state index in [2.05, 4.69) is 0 Å². The van der Waals surface area contributed by atoms with Gasteiger partial charge < -0.3 is 14.2 Å². The molecule has 168 valence electrons. The molecule has 1 aliphatic carbocycles. The monoisotopic (exact) mass is 440 g/mol. The van der Waals surface area contributed by atoms with Crippen molar-refractivity contribution in [3.05, 3.63) is 70.4 Å². The fourth-order valence-corrected chi connectivity index (χ4v) is 4.72. The highest BCUT2D eigenvalue weighted by atomic mass is 19.1. The maximum Gasteiger partial charge on any atom is 0.306 e. The van der Waals surface area contributed by atoms with Crippen LogP contribution in [0.5, 0.6) is 0 Å². The number of benzene rings is 2. The van der Waals surface area contributed by atoms with Gasteiger partial charge in [-0.05, 0) is 48.6 Å². The Balaban J connectivity index is 1.82. The molecule has 1 aliphatic rings. The molecule has 4 rings (SSSR count). The molecule has 3 aromatic rings. The lowest BCUT2D eigenvalue weighted by atomic mass is 9.84. The molecule has 1 aromatic heterocycles. The molecule has 0 N–H and O–H groups in total. The molecule has 0 bridgehead atoms. The van der Waals surface area contributed by atoms with Crippen molar-refractivity contribution in [2.24, 2.45) is 0 Å². The molecule has 2 aromatic carbocycles. The fourth-order valence-electron chi connectivity index (χ4n) is 4.72. The highest BCUT2D eigenvalue weighted by molar-refractivity contribution is 5.94. The molecular weight excluding hydrogens is 414 g/mol. The Bertz CT molecular complexity index is 1180. The smallest absolute Gasteiger partial charge is 0.306 e. The van der Waals surface area contributed by atoms with Gasteiger partial charge in [0.15, 0.2) is 0 Å². The van der Waals surface area contributed by atoms with Gasteiger partial charge in [0.1, 0.15) is 11.6 Å². The van der Waals surface area contributed by atoms with E-state index < -0.39 is 11.6 Å². The van der Waals surface area contributed by atoms with Crippen LogP contribution in [0.25, 0.3) is 10.9 Å². The van der Waals surface area contributed by atoms with Crippen molar-refractivity contribution in [2.75, 3.05) is 21.2 Å². The molecule has 1 amide bonds. The molecule has 1 atom stereocenters. The van der Waals surface area contributed by atoms with E-state index >= 15 is 4.39 Å². The minimum atomic E-state index is -0.620. The van der Waals surface area contributed by atoms with Gasteiger partial charge in [-0.2, -0.15) is 0 Å². The molecule has 5 nitrogen and oxygen atoms in total. The minimum absolute atomic E-state index is 0.0972. The fraction of sp³-hybridized carbons (Fsp3) is 0.360. The number of rotatable bonds is 5. The minimum Gasteiger partial charge on any atom is -0.469 e. The van der Waals surface area contributed by atoms with Crippen LogP contribution < -0.4 is 0 Å². The zero-order valence-corrected chi connectivity index (χ0v) is 18.5. The zero-order valence-electron chi connectivity index (χ0n) is 18.5. The summed E-state index contributed by atoms with van der Waals surface area (Å²) < 4.78 is 35.8. The lowest BCUT2D eigenvalue weighted by molar-refractivity contribution is -0.141. The Hall–Kier alpha value is -3.22. The maximum absolute atomic E-state index is 15.0. The Labute approximate surface area is 185 Å². The van der Waals surface area contributed by atoms with E-state index in [0.29, 0.717) is 29.4 Å². The van der Waals surface area contributed by atoms with E-state index in [1.165, 1.54) is 18.1 Å². The van der Waals surface area contributed by atoms with E-state index in [9.17, 15) is 14.0 Å². The largest absolute Gasteiger partial charge is 0.469 e. The summed E-state index contributed by atoms with van der Waals surface area (Å²) in [7, 11) is 4.74. The van der Waals surface area contributed by atoms with Crippen LogP contribution in [-0.2, 0) is 22.5 Å². The van der Waals surface area contributed by atoms with Crippen molar-refractivity contribution in [1.29, 1.82) is 0 Å². The maximum atomic E-state index is 15.0. The summed E-state index contributed by atoms with van der Waals surface area (Å²) in [4.78, 5) is 25.7. The molecule has 0 saturated heterocycles. The Morgan fingerprint density at radius 1 is 1.16 bits per heavy atom. The number of amides is 1. The second-order valence-corrected chi connectivity index (χ2v) is 8.50. The van der Waals surface area contributed by atoms with E-state index in [1.54, 1.807) is 26.2 Å². The molecule has 32 heavy (non-hydrogen) atoms. The highest BCUT2D eigenvalue weighted by Crippen LogP contribution is 2.41. The van der Waals surface area contributed by atoms with Gasteiger partial charge >= 0.3 is 5.97 Å². The van der Waals surface area contributed by atoms with Crippen molar-refractivity contribution in [1.82, 2.24) is 9.47 Å². The van der Waals surface area contributed by atoms with Gasteiger partial charge in [0.2, 0.25) is 0 Å². The van der Waals surface area contributed by atoms with Gasteiger partial charge in [0, 0.05) is 49.3 Å². The zero-order chi connectivity index (χ0) is 23.0. The lowest BCUT2D eigenvalue weighted by Crippen LogP contribution is -2.21. The van der Waals surface area contributed by atoms with E-state index in [-0.39, 0.29) is 24.2 Å². The first-order chi connectivity index (χ1) is 15.3. The summed E-state index contributed by atoms with van der Waals surface area (Å²) in [5, 5.41) is 0.562. The third-order valence-corrected chi connectivity index (χ3v) is 6.18. The Morgan fingerprint density at radius 2 is 1.88 bits per heavy atom. The molecule has 0 fully saturated rings. The second-order valence-electron chi connectivity index (χ2n) is 8.50. The number of hydrogen-bond acceptors (Lipinski definition) is 3. The summed E-state index contributed by atoms with van der Waals surface area (Å²) in [6.45, 7) is 0.350. The van der Waals surface area contributed by atoms with Crippen LogP contribution in [0.2, 0.25) is 0 Å². The summed E-state index contributed by atoms with van der Waals surface area (Å²) in [5.41, 5.74) is 3.57. The summed E-state index contributed by atoms with van der Waals surface area (Å²) in [5.74, 6) is -1.78. The third-order valence-electron chi connectivity index (χ3n) is 6.18.